The molecule has 1 fully saturated rings. The zero-order valence-electron chi connectivity index (χ0n) is 11.2. The molecule has 1 atom stereocenters. The maximum atomic E-state index is 2.42. The van der Waals surface area contributed by atoms with Gasteiger partial charge in [0.05, 0.1) is 5.41 Å². The van der Waals surface area contributed by atoms with Crippen molar-refractivity contribution in [3.8, 4) is 0 Å². The second-order valence-corrected chi connectivity index (χ2v) is 6.29. The van der Waals surface area contributed by atoms with Gasteiger partial charge in [0.25, 0.3) is 0 Å². The van der Waals surface area contributed by atoms with Gasteiger partial charge in [-0.05, 0) is 42.1 Å². The first-order chi connectivity index (χ1) is 7.97. The minimum Gasteiger partial charge on any atom is -0.349 e. The lowest BCUT2D eigenvalue weighted by Gasteiger charge is -2.54. The number of nitrogens with zero attached hydrogens (tertiary/aromatic N) is 1. The van der Waals surface area contributed by atoms with Gasteiger partial charge in [0, 0.05) is 18.4 Å². The Balaban J connectivity index is 2.11. The molecule has 17 heavy (non-hydrogen) atoms. The van der Waals surface area contributed by atoms with E-state index in [9.17, 15) is 0 Å². The monoisotopic (exact) mass is 227 g/mol. The molecule has 0 aromatic rings. The lowest BCUT2D eigenvalue weighted by Crippen LogP contribution is -2.52. The molecular formula is C16H21N. The van der Waals surface area contributed by atoms with Crippen LogP contribution in [0.3, 0.4) is 0 Å². The third-order valence-electron chi connectivity index (χ3n) is 4.83. The summed E-state index contributed by atoms with van der Waals surface area (Å²) in [5.74, 6) is 0. The van der Waals surface area contributed by atoms with Crippen molar-refractivity contribution in [1.29, 1.82) is 0 Å². The predicted molar refractivity (Wildman–Crippen MR) is 72.3 cm³/mol. The van der Waals surface area contributed by atoms with Crippen LogP contribution in [-0.4, -0.2) is 11.4 Å². The van der Waals surface area contributed by atoms with Crippen LogP contribution in [0, 0.1) is 10.8 Å². The van der Waals surface area contributed by atoms with Crippen LogP contribution in [-0.2, 0) is 0 Å². The maximum absolute atomic E-state index is 2.42. The molecule has 0 spiro atoms. The molecule has 0 saturated carbocycles. The Morgan fingerprint density at radius 2 is 2.12 bits per heavy atom. The van der Waals surface area contributed by atoms with Gasteiger partial charge >= 0.3 is 0 Å². The minimum atomic E-state index is 0.269. The number of hydrogen-bond donors (Lipinski definition) is 0. The number of hydrogen-bond acceptors (Lipinski definition) is 1. The molecule has 3 rings (SSSR count). The van der Waals surface area contributed by atoms with Crippen molar-refractivity contribution >= 4 is 0 Å². The van der Waals surface area contributed by atoms with Crippen molar-refractivity contribution < 1.29 is 0 Å². The summed E-state index contributed by atoms with van der Waals surface area (Å²) in [7, 11) is 0. The SMILES string of the molecule is CCC(C)(C)C1=CC=C2N3C=CC(=C1)C2(C)C3. The van der Waals surface area contributed by atoms with Gasteiger partial charge in [-0.2, -0.15) is 0 Å². The van der Waals surface area contributed by atoms with E-state index >= 15 is 0 Å². The summed E-state index contributed by atoms with van der Waals surface area (Å²) in [6.07, 6.45) is 12.7. The lowest BCUT2D eigenvalue weighted by molar-refractivity contribution is 0.166. The molecule has 0 amide bonds. The zero-order valence-corrected chi connectivity index (χ0v) is 11.2. The first-order valence-corrected chi connectivity index (χ1v) is 6.57. The number of allylic oxidation sites excluding steroid dienone is 5. The van der Waals surface area contributed by atoms with E-state index in [2.05, 4.69) is 63.1 Å². The highest BCUT2D eigenvalue weighted by molar-refractivity contribution is 5.54. The molecule has 0 N–H and O–H groups in total. The van der Waals surface area contributed by atoms with Crippen LogP contribution in [0.25, 0.3) is 0 Å². The van der Waals surface area contributed by atoms with Crippen LogP contribution < -0.4 is 0 Å². The van der Waals surface area contributed by atoms with Crippen molar-refractivity contribution in [3.63, 3.8) is 0 Å². The molecule has 4 bridgehead atoms. The molecule has 90 valence electrons. The largest absolute Gasteiger partial charge is 0.349 e. The zero-order chi connectivity index (χ0) is 12.3. The Morgan fingerprint density at radius 1 is 1.35 bits per heavy atom. The summed E-state index contributed by atoms with van der Waals surface area (Å²) in [6, 6.07) is 0. The van der Waals surface area contributed by atoms with Crippen LogP contribution >= 0.6 is 0 Å². The molecule has 2 aliphatic heterocycles. The summed E-state index contributed by atoms with van der Waals surface area (Å²) in [4.78, 5) is 2.36. The Hall–Kier alpha value is -1.24. The smallest absolute Gasteiger partial charge is 0.0506 e. The van der Waals surface area contributed by atoms with Crippen LogP contribution in [0.5, 0.6) is 0 Å². The molecule has 2 heterocycles. The van der Waals surface area contributed by atoms with E-state index in [1.807, 2.05) is 0 Å². The minimum absolute atomic E-state index is 0.269. The standard InChI is InChI=1S/C16H21N/c1-5-15(2,3)12-6-7-14-16(4)11-17(14)9-8-13(16)10-12/h6-10H,5,11H2,1-4H3. The fourth-order valence-electron chi connectivity index (χ4n) is 2.96. The van der Waals surface area contributed by atoms with Crippen LogP contribution in [0.1, 0.15) is 34.1 Å². The van der Waals surface area contributed by atoms with Gasteiger partial charge in [-0.15, -0.1) is 0 Å². The first-order valence-electron chi connectivity index (χ1n) is 6.57. The third-order valence-corrected chi connectivity index (χ3v) is 4.83. The molecule has 0 aromatic carbocycles. The normalized spacial score (nSPS) is 30.1. The highest BCUT2D eigenvalue weighted by Crippen LogP contribution is 2.53. The summed E-state index contributed by atoms with van der Waals surface area (Å²) >= 11 is 0. The Bertz CT molecular complexity index is 488. The van der Waals surface area contributed by atoms with E-state index < -0.39 is 0 Å². The van der Waals surface area contributed by atoms with Crippen molar-refractivity contribution in [1.82, 2.24) is 4.90 Å². The molecule has 1 aliphatic carbocycles. The van der Waals surface area contributed by atoms with Gasteiger partial charge in [0.15, 0.2) is 0 Å². The van der Waals surface area contributed by atoms with Crippen LogP contribution in [0.2, 0.25) is 0 Å². The summed E-state index contributed by atoms with van der Waals surface area (Å²) in [5.41, 5.74) is 4.96. The molecular weight excluding hydrogens is 206 g/mol. The van der Waals surface area contributed by atoms with E-state index in [0.717, 1.165) is 6.54 Å². The highest BCUT2D eigenvalue weighted by atomic mass is 15.2. The molecule has 1 nitrogen and oxygen atoms in total. The topological polar surface area (TPSA) is 3.24 Å². The van der Waals surface area contributed by atoms with Gasteiger partial charge in [-0.25, -0.2) is 0 Å². The summed E-state index contributed by atoms with van der Waals surface area (Å²) in [5, 5.41) is 0. The van der Waals surface area contributed by atoms with Gasteiger partial charge < -0.3 is 4.90 Å². The average Bonchev–Trinajstić information content (AvgIpc) is 2.36. The quantitative estimate of drug-likeness (QED) is 0.688. The van der Waals surface area contributed by atoms with Gasteiger partial charge in [-0.1, -0.05) is 32.9 Å². The van der Waals surface area contributed by atoms with E-state index in [1.165, 1.54) is 23.3 Å². The molecule has 0 aromatic heterocycles. The van der Waals surface area contributed by atoms with Crippen LogP contribution in [0.4, 0.5) is 0 Å². The van der Waals surface area contributed by atoms with E-state index in [-0.39, 0.29) is 10.8 Å². The Labute approximate surface area is 104 Å². The van der Waals surface area contributed by atoms with Crippen LogP contribution in [0.15, 0.2) is 47.3 Å². The summed E-state index contributed by atoms with van der Waals surface area (Å²) < 4.78 is 0. The number of rotatable bonds is 2. The second kappa shape index (κ2) is 3.16. The van der Waals surface area contributed by atoms with Crippen molar-refractivity contribution in [2.75, 3.05) is 6.54 Å². The lowest BCUT2D eigenvalue weighted by atomic mass is 9.69. The van der Waals surface area contributed by atoms with E-state index in [0.29, 0.717) is 0 Å². The maximum Gasteiger partial charge on any atom is 0.0506 e. The van der Waals surface area contributed by atoms with Gasteiger partial charge in [0.1, 0.15) is 0 Å². The Morgan fingerprint density at radius 3 is 2.82 bits per heavy atom. The summed E-state index contributed by atoms with van der Waals surface area (Å²) in [6.45, 7) is 10.4. The first kappa shape index (κ1) is 10.9. The molecule has 1 saturated heterocycles. The van der Waals surface area contributed by atoms with Crippen molar-refractivity contribution in [3.05, 3.63) is 47.3 Å². The van der Waals surface area contributed by atoms with Gasteiger partial charge in [0.2, 0.25) is 0 Å². The molecule has 3 aliphatic rings. The highest BCUT2D eigenvalue weighted by Gasteiger charge is 2.48. The predicted octanol–water partition coefficient (Wildman–Crippen LogP) is 4.02. The van der Waals surface area contributed by atoms with Gasteiger partial charge in [-0.3, -0.25) is 0 Å². The second-order valence-electron chi connectivity index (χ2n) is 6.29. The molecule has 1 unspecified atom stereocenters. The average molecular weight is 227 g/mol. The fourth-order valence-corrected chi connectivity index (χ4v) is 2.96. The third kappa shape index (κ3) is 1.31. The molecule has 1 heteroatoms. The Kier molecular flexibility index (Phi) is 2.02. The van der Waals surface area contributed by atoms with E-state index in [4.69, 9.17) is 0 Å². The van der Waals surface area contributed by atoms with Crippen molar-refractivity contribution in [2.24, 2.45) is 10.8 Å². The van der Waals surface area contributed by atoms with Crippen molar-refractivity contribution in [2.45, 2.75) is 34.1 Å². The fraction of sp³-hybridized carbons (Fsp3) is 0.500. The van der Waals surface area contributed by atoms with E-state index in [1.54, 1.807) is 0 Å². The molecule has 0 radical (unpaired) electrons.